The average Bonchev–Trinajstić information content (AvgIpc) is 3.41. The van der Waals surface area contributed by atoms with Crippen molar-refractivity contribution in [3.8, 4) is 11.5 Å². The van der Waals surface area contributed by atoms with Gasteiger partial charge in [-0.3, -0.25) is 24.6 Å². The fourth-order valence-electron chi connectivity index (χ4n) is 6.99. The van der Waals surface area contributed by atoms with Crippen molar-refractivity contribution >= 4 is 33.8 Å². The van der Waals surface area contributed by atoms with Crippen LogP contribution in [0.5, 0.6) is 11.5 Å². The quantitative estimate of drug-likeness (QED) is 0.348. The molecule has 2 N–H and O–H groups in total. The van der Waals surface area contributed by atoms with Crippen LogP contribution in [0.15, 0.2) is 47.4 Å². The number of likely N-dealkylation sites (tertiary alicyclic amines) is 1. The molecular weight excluding hydrogens is 678 g/mol. The van der Waals surface area contributed by atoms with Gasteiger partial charge in [-0.1, -0.05) is 12.1 Å². The number of carbonyl (C=O) groups is 4. The summed E-state index contributed by atoms with van der Waals surface area (Å²) in [5.74, 6) is 0.136. The zero-order chi connectivity index (χ0) is 36.3. The highest BCUT2D eigenvalue weighted by Gasteiger charge is 2.40. The predicted octanol–water partition coefficient (Wildman–Crippen LogP) is 3.05. The van der Waals surface area contributed by atoms with Gasteiger partial charge in [0.1, 0.15) is 35.9 Å². The average molecular weight is 726 g/mol. The molecule has 2 aromatic carbocycles. The summed E-state index contributed by atoms with van der Waals surface area (Å²) in [6, 6.07) is 11.2. The van der Waals surface area contributed by atoms with Crippen molar-refractivity contribution < 1.29 is 41.8 Å². The third-order valence-electron chi connectivity index (χ3n) is 9.66. The monoisotopic (exact) mass is 725 g/mol. The van der Waals surface area contributed by atoms with E-state index in [1.165, 1.54) is 9.21 Å². The van der Waals surface area contributed by atoms with Gasteiger partial charge < -0.3 is 24.4 Å². The van der Waals surface area contributed by atoms with E-state index in [-0.39, 0.29) is 41.8 Å². The summed E-state index contributed by atoms with van der Waals surface area (Å²) in [4.78, 5) is 53.2. The zero-order valence-electron chi connectivity index (χ0n) is 29.4. The van der Waals surface area contributed by atoms with Crippen LogP contribution in [0.2, 0.25) is 0 Å². The Morgan fingerprint density at radius 2 is 1.69 bits per heavy atom. The second-order valence-electron chi connectivity index (χ2n) is 14.5. The summed E-state index contributed by atoms with van der Waals surface area (Å²) in [5.41, 5.74) is 0.668. The van der Waals surface area contributed by atoms with E-state index < -0.39 is 33.7 Å². The zero-order valence-corrected chi connectivity index (χ0v) is 30.2. The number of nitrogens with one attached hydrogen (secondary N) is 2. The fourth-order valence-corrected chi connectivity index (χ4v) is 8.50. The van der Waals surface area contributed by atoms with Crippen molar-refractivity contribution in [3.05, 3.63) is 53.6 Å². The van der Waals surface area contributed by atoms with Crippen molar-refractivity contribution in [2.45, 2.75) is 94.5 Å². The van der Waals surface area contributed by atoms with Crippen molar-refractivity contribution in [2.75, 3.05) is 39.3 Å². The first-order valence-corrected chi connectivity index (χ1v) is 19.1. The second kappa shape index (κ2) is 15.2. The lowest BCUT2D eigenvalue weighted by Gasteiger charge is -2.33. The number of alkyl carbamates (subject to hydrolysis) is 1. The van der Waals surface area contributed by atoms with Crippen LogP contribution in [-0.4, -0.2) is 109 Å². The van der Waals surface area contributed by atoms with Crippen LogP contribution >= 0.6 is 0 Å². The molecule has 15 heteroatoms. The smallest absolute Gasteiger partial charge is 0.407 e. The van der Waals surface area contributed by atoms with Gasteiger partial charge in [-0.15, -0.1) is 0 Å². The highest BCUT2D eigenvalue weighted by atomic mass is 32.2. The highest BCUT2D eigenvalue weighted by molar-refractivity contribution is 7.89. The Morgan fingerprint density at radius 3 is 2.39 bits per heavy atom. The molecule has 0 saturated carbocycles. The number of hydrogen-bond acceptors (Lipinski definition) is 10. The lowest BCUT2D eigenvalue weighted by Crippen LogP contribution is -2.52. The highest BCUT2D eigenvalue weighted by Crippen LogP contribution is 2.34. The molecule has 1 atom stereocenters. The van der Waals surface area contributed by atoms with Gasteiger partial charge in [0.2, 0.25) is 21.8 Å². The van der Waals surface area contributed by atoms with Gasteiger partial charge in [0.05, 0.1) is 11.4 Å². The first kappa shape index (κ1) is 36.6. The maximum atomic E-state index is 13.5. The van der Waals surface area contributed by atoms with E-state index in [1.807, 2.05) is 6.07 Å². The number of hydrogen-bond donors (Lipinski definition) is 2. The Kier molecular flexibility index (Phi) is 10.9. The molecule has 0 spiro atoms. The maximum absolute atomic E-state index is 13.5. The number of ether oxygens (including phenoxy) is 3. The van der Waals surface area contributed by atoms with E-state index in [0.717, 1.165) is 31.5 Å². The Labute approximate surface area is 298 Å². The molecule has 0 bridgehead atoms. The minimum Gasteiger partial charge on any atom is -0.492 e. The third-order valence-corrected chi connectivity index (χ3v) is 11.6. The molecule has 3 fully saturated rings. The number of sulfonamides is 1. The van der Waals surface area contributed by atoms with Crippen LogP contribution < -0.4 is 20.1 Å². The van der Waals surface area contributed by atoms with Gasteiger partial charge in [-0.2, -0.15) is 4.31 Å². The van der Waals surface area contributed by atoms with Gasteiger partial charge in [-0.25, -0.2) is 13.2 Å². The molecule has 0 radical (unpaired) electrons. The molecule has 4 heterocycles. The summed E-state index contributed by atoms with van der Waals surface area (Å²) in [6.45, 7) is 8.91. The molecule has 4 aliphatic rings. The summed E-state index contributed by atoms with van der Waals surface area (Å²) < 4.78 is 46.1. The van der Waals surface area contributed by atoms with Gasteiger partial charge in [0.15, 0.2) is 0 Å². The second-order valence-corrected chi connectivity index (χ2v) is 16.4. The standard InChI is InChI=1S/C36H47N5O9S/c1-36(2,3)50-35(45)37-24-12-18-40(19-13-24)51(46,47)27-7-4-6-26(22-27)49-25-14-16-39(17-15-25)20-21-48-31-9-5-8-28-29(31)23-41(34(28)44)30-10-11-32(42)38-33(30)43/h4-9,22,24-25,30H,10-21,23H2,1-3H3,(H,37,45)(H,38,42,43). The minimum absolute atomic E-state index is 0.0588. The molecule has 1 unspecified atom stereocenters. The largest absolute Gasteiger partial charge is 0.492 e. The lowest BCUT2D eigenvalue weighted by molar-refractivity contribution is -0.136. The van der Waals surface area contributed by atoms with Crippen molar-refractivity contribution in [2.24, 2.45) is 0 Å². The van der Waals surface area contributed by atoms with Crippen LogP contribution in [0.25, 0.3) is 0 Å². The van der Waals surface area contributed by atoms with Crippen LogP contribution in [0.4, 0.5) is 4.79 Å². The van der Waals surface area contributed by atoms with Crippen molar-refractivity contribution in [1.82, 2.24) is 24.7 Å². The van der Waals surface area contributed by atoms with Crippen LogP contribution in [0, 0.1) is 0 Å². The summed E-state index contributed by atoms with van der Waals surface area (Å²) in [6.07, 6.45) is 2.48. The van der Waals surface area contributed by atoms with Crippen LogP contribution in [-0.2, 0) is 30.9 Å². The molecule has 14 nitrogen and oxygen atoms in total. The van der Waals surface area contributed by atoms with E-state index in [1.54, 1.807) is 57.2 Å². The van der Waals surface area contributed by atoms with E-state index in [0.29, 0.717) is 62.6 Å². The molecule has 4 aliphatic heterocycles. The lowest BCUT2D eigenvalue weighted by atomic mass is 10.0. The first-order chi connectivity index (χ1) is 24.3. The summed E-state index contributed by atoms with van der Waals surface area (Å²) >= 11 is 0. The normalized spacial score (nSPS) is 21.3. The topological polar surface area (TPSA) is 164 Å². The number of rotatable bonds is 10. The first-order valence-electron chi connectivity index (χ1n) is 17.6. The summed E-state index contributed by atoms with van der Waals surface area (Å²) in [7, 11) is -3.73. The van der Waals surface area contributed by atoms with E-state index in [4.69, 9.17) is 14.2 Å². The van der Waals surface area contributed by atoms with E-state index in [9.17, 15) is 27.6 Å². The molecule has 0 aliphatic carbocycles. The fraction of sp³-hybridized carbons (Fsp3) is 0.556. The van der Waals surface area contributed by atoms with Crippen molar-refractivity contribution in [3.63, 3.8) is 0 Å². The minimum atomic E-state index is -3.73. The molecule has 6 rings (SSSR count). The molecule has 0 aromatic heterocycles. The molecule has 276 valence electrons. The molecule has 51 heavy (non-hydrogen) atoms. The Hall–Kier alpha value is -4.21. The SMILES string of the molecule is CC(C)(C)OC(=O)NC1CCN(S(=O)(=O)c2cccc(OC3CCN(CCOc4cccc5c4CN(C4CCC(=O)NC4=O)C5=O)CC3)c2)CC1. The molecular formula is C36H47N5O9S. The number of imide groups is 1. The number of piperidine rings is 3. The Bertz CT molecular complexity index is 1750. The summed E-state index contributed by atoms with van der Waals surface area (Å²) in [5, 5.41) is 5.17. The van der Waals surface area contributed by atoms with Gasteiger partial charge >= 0.3 is 6.09 Å². The van der Waals surface area contributed by atoms with Gasteiger partial charge in [-0.05, 0) is 77.1 Å². The molecule has 2 aromatic rings. The number of carbonyl (C=O) groups excluding carboxylic acids is 4. The van der Waals surface area contributed by atoms with E-state index >= 15 is 0 Å². The van der Waals surface area contributed by atoms with Crippen molar-refractivity contribution in [1.29, 1.82) is 0 Å². The number of nitrogens with zero attached hydrogens (tertiary/aromatic N) is 3. The number of benzene rings is 2. The van der Waals surface area contributed by atoms with Crippen LogP contribution in [0.1, 0.15) is 75.2 Å². The molecule has 4 amide bonds. The van der Waals surface area contributed by atoms with Gasteiger partial charge in [0.25, 0.3) is 5.91 Å². The third kappa shape index (κ3) is 8.82. The number of amides is 4. The Morgan fingerprint density at radius 1 is 0.961 bits per heavy atom. The van der Waals surface area contributed by atoms with E-state index in [2.05, 4.69) is 15.5 Å². The maximum Gasteiger partial charge on any atom is 0.407 e. The van der Waals surface area contributed by atoms with Gasteiger partial charge in [0, 0.05) is 62.4 Å². The predicted molar refractivity (Wildman–Crippen MR) is 186 cm³/mol. The Balaban J connectivity index is 0.946. The van der Waals surface area contributed by atoms with Crippen LogP contribution in [0.3, 0.4) is 0 Å². The molecule has 3 saturated heterocycles. The number of fused-ring (bicyclic) bond motifs is 1.